The number of carbonyl (C=O) groups excluding carboxylic acids is 1. The molecule has 0 saturated heterocycles. The van der Waals surface area contributed by atoms with Gasteiger partial charge in [0.05, 0.1) is 31.7 Å². The molecule has 1 amide bonds. The number of ether oxygens (including phenoxy) is 2. The molecule has 0 saturated carbocycles. The quantitative estimate of drug-likeness (QED) is 0.742. The molecule has 0 aliphatic heterocycles. The minimum atomic E-state index is -3.59. The van der Waals surface area contributed by atoms with Crippen molar-refractivity contribution in [3.8, 4) is 11.5 Å². The highest BCUT2D eigenvalue weighted by molar-refractivity contribution is 9.10. The summed E-state index contributed by atoms with van der Waals surface area (Å²) in [6, 6.07) is 9.97. The van der Waals surface area contributed by atoms with E-state index in [4.69, 9.17) is 9.47 Å². The first-order chi connectivity index (χ1) is 12.2. The summed E-state index contributed by atoms with van der Waals surface area (Å²) in [7, 11) is 0.653. The second-order valence-electron chi connectivity index (χ2n) is 5.42. The highest BCUT2D eigenvalue weighted by atomic mass is 79.9. The fourth-order valence-corrected chi connectivity index (χ4v) is 3.16. The molecule has 0 heterocycles. The highest BCUT2D eigenvalue weighted by Gasteiger charge is 2.23. The van der Waals surface area contributed by atoms with E-state index in [1.54, 1.807) is 18.2 Å². The fourth-order valence-electron chi connectivity index (χ4n) is 2.25. The fraction of sp³-hybridized carbons (Fsp3) is 0.235. The maximum Gasteiger partial charge on any atom is 0.257 e. The average molecular weight is 443 g/mol. The van der Waals surface area contributed by atoms with Gasteiger partial charge in [0.15, 0.2) is 11.5 Å². The molecule has 0 aliphatic carbocycles. The maximum absolute atomic E-state index is 12.8. The van der Waals surface area contributed by atoms with Gasteiger partial charge in [-0.3, -0.25) is 9.10 Å². The summed E-state index contributed by atoms with van der Waals surface area (Å²) in [6.07, 6.45) is 1.06. The summed E-state index contributed by atoms with van der Waals surface area (Å²) in [5.41, 5.74) is 0.875. The number of rotatable bonds is 6. The molecule has 7 nitrogen and oxygen atoms in total. The van der Waals surface area contributed by atoms with Crippen molar-refractivity contribution in [1.82, 2.24) is 0 Å². The predicted octanol–water partition coefficient (Wildman–Crippen LogP) is 3.11. The van der Waals surface area contributed by atoms with Crippen LogP contribution >= 0.6 is 15.9 Å². The number of nitrogens with zero attached hydrogens (tertiary/aromatic N) is 1. The number of sulfonamides is 1. The lowest BCUT2D eigenvalue weighted by molar-refractivity contribution is 0.102. The largest absolute Gasteiger partial charge is 0.493 e. The minimum absolute atomic E-state index is 0.135. The molecule has 2 aromatic rings. The molecule has 0 atom stereocenters. The van der Waals surface area contributed by atoms with E-state index in [1.807, 2.05) is 6.07 Å². The topological polar surface area (TPSA) is 84.9 Å². The van der Waals surface area contributed by atoms with Gasteiger partial charge in [0.25, 0.3) is 5.91 Å². The Labute approximate surface area is 161 Å². The molecule has 2 rings (SSSR count). The van der Waals surface area contributed by atoms with Crippen LogP contribution in [-0.4, -0.2) is 41.8 Å². The van der Waals surface area contributed by atoms with Crippen molar-refractivity contribution < 1.29 is 22.7 Å². The molecule has 2 aromatic carbocycles. The number of carbonyl (C=O) groups is 1. The second-order valence-corrected chi connectivity index (χ2v) is 8.35. The standard InChI is InChI=1S/C17H19BrN2O5S/c1-20(26(4,22)23)14-10-16(25-3)15(24-2)9-13(14)17(21)19-12-7-5-6-11(18)8-12/h5-10H,1-4H3,(H,19,21). The van der Waals surface area contributed by atoms with Crippen molar-refractivity contribution >= 4 is 43.2 Å². The Morgan fingerprint density at radius 1 is 1.12 bits per heavy atom. The zero-order valence-electron chi connectivity index (χ0n) is 14.7. The predicted molar refractivity (Wildman–Crippen MR) is 105 cm³/mol. The molecule has 0 radical (unpaired) electrons. The Hall–Kier alpha value is -2.26. The monoisotopic (exact) mass is 442 g/mol. The van der Waals surface area contributed by atoms with Gasteiger partial charge >= 0.3 is 0 Å². The van der Waals surface area contributed by atoms with Crippen LogP contribution in [0.25, 0.3) is 0 Å². The summed E-state index contributed by atoms with van der Waals surface area (Å²) >= 11 is 3.34. The van der Waals surface area contributed by atoms with Crippen molar-refractivity contribution in [3.63, 3.8) is 0 Å². The van der Waals surface area contributed by atoms with Gasteiger partial charge in [-0.05, 0) is 24.3 Å². The lowest BCUT2D eigenvalue weighted by Gasteiger charge is -2.22. The Balaban J connectivity index is 2.55. The zero-order chi connectivity index (χ0) is 19.5. The maximum atomic E-state index is 12.8. The lowest BCUT2D eigenvalue weighted by atomic mass is 10.1. The first-order valence-electron chi connectivity index (χ1n) is 7.44. The van der Waals surface area contributed by atoms with Crippen molar-refractivity contribution in [3.05, 3.63) is 46.4 Å². The summed E-state index contributed by atoms with van der Waals surface area (Å²) in [5.74, 6) is 0.157. The Bertz CT molecular complexity index is 931. The third-order valence-electron chi connectivity index (χ3n) is 3.67. The third-order valence-corrected chi connectivity index (χ3v) is 5.35. The van der Waals surface area contributed by atoms with Crippen molar-refractivity contribution in [1.29, 1.82) is 0 Å². The molecular weight excluding hydrogens is 424 g/mol. The molecule has 0 aliphatic rings. The summed E-state index contributed by atoms with van der Waals surface area (Å²) in [5, 5.41) is 2.75. The van der Waals surface area contributed by atoms with Crippen LogP contribution in [-0.2, 0) is 10.0 Å². The van der Waals surface area contributed by atoms with E-state index in [2.05, 4.69) is 21.2 Å². The number of hydrogen-bond acceptors (Lipinski definition) is 5. The number of halogens is 1. The zero-order valence-corrected chi connectivity index (χ0v) is 17.1. The van der Waals surface area contributed by atoms with Gasteiger partial charge in [0, 0.05) is 23.3 Å². The smallest absolute Gasteiger partial charge is 0.257 e. The van der Waals surface area contributed by atoms with E-state index in [-0.39, 0.29) is 11.3 Å². The highest BCUT2D eigenvalue weighted by Crippen LogP contribution is 2.36. The van der Waals surface area contributed by atoms with Crippen LogP contribution in [0, 0.1) is 0 Å². The van der Waals surface area contributed by atoms with Gasteiger partial charge < -0.3 is 14.8 Å². The first kappa shape index (κ1) is 20.1. The van der Waals surface area contributed by atoms with Gasteiger partial charge in [0.2, 0.25) is 10.0 Å². The number of nitrogens with one attached hydrogen (secondary N) is 1. The van der Waals surface area contributed by atoms with Gasteiger partial charge in [-0.15, -0.1) is 0 Å². The number of hydrogen-bond donors (Lipinski definition) is 1. The van der Waals surface area contributed by atoms with E-state index in [1.165, 1.54) is 33.4 Å². The molecule has 0 spiro atoms. The molecule has 140 valence electrons. The van der Waals surface area contributed by atoms with Gasteiger partial charge in [-0.25, -0.2) is 8.42 Å². The Kier molecular flexibility index (Phi) is 6.14. The molecule has 0 fully saturated rings. The van der Waals surface area contributed by atoms with E-state index in [0.717, 1.165) is 15.0 Å². The van der Waals surface area contributed by atoms with E-state index in [9.17, 15) is 13.2 Å². The van der Waals surface area contributed by atoms with Crippen LogP contribution in [0.2, 0.25) is 0 Å². The molecule has 26 heavy (non-hydrogen) atoms. The van der Waals surface area contributed by atoms with Crippen molar-refractivity contribution in [2.75, 3.05) is 37.1 Å². The molecular formula is C17H19BrN2O5S. The number of benzene rings is 2. The van der Waals surface area contributed by atoms with Crippen LogP contribution < -0.4 is 19.1 Å². The number of amides is 1. The molecule has 9 heteroatoms. The van der Waals surface area contributed by atoms with Crippen LogP contribution in [0.15, 0.2) is 40.9 Å². The van der Waals surface area contributed by atoms with Gasteiger partial charge in [-0.1, -0.05) is 22.0 Å². The minimum Gasteiger partial charge on any atom is -0.493 e. The summed E-state index contributed by atoms with van der Waals surface area (Å²) in [6.45, 7) is 0. The number of methoxy groups -OCH3 is 2. The Morgan fingerprint density at radius 2 is 1.73 bits per heavy atom. The third kappa shape index (κ3) is 4.47. The number of anilines is 2. The van der Waals surface area contributed by atoms with Crippen LogP contribution in [0.3, 0.4) is 0 Å². The van der Waals surface area contributed by atoms with Gasteiger partial charge in [-0.2, -0.15) is 0 Å². The van der Waals surface area contributed by atoms with E-state index >= 15 is 0 Å². The first-order valence-corrected chi connectivity index (χ1v) is 10.1. The summed E-state index contributed by atoms with van der Waals surface area (Å²) in [4.78, 5) is 12.8. The van der Waals surface area contributed by atoms with Crippen LogP contribution in [0.4, 0.5) is 11.4 Å². The molecule has 0 bridgehead atoms. The van der Waals surface area contributed by atoms with E-state index in [0.29, 0.717) is 17.2 Å². The summed E-state index contributed by atoms with van der Waals surface area (Å²) < 4.78 is 36.2. The van der Waals surface area contributed by atoms with Crippen LogP contribution in [0.1, 0.15) is 10.4 Å². The molecule has 1 N–H and O–H groups in total. The molecule has 0 aromatic heterocycles. The average Bonchev–Trinajstić information content (AvgIpc) is 2.59. The second kappa shape index (κ2) is 7.96. The molecule has 0 unspecified atom stereocenters. The van der Waals surface area contributed by atoms with E-state index < -0.39 is 15.9 Å². The normalized spacial score (nSPS) is 11.0. The SMILES string of the molecule is COc1cc(C(=O)Nc2cccc(Br)c2)c(N(C)S(C)(=O)=O)cc1OC. The Morgan fingerprint density at radius 3 is 2.27 bits per heavy atom. The van der Waals surface area contributed by atoms with Crippen LogP contribution in [0.5, 0.6) is 11.5 Å². The lowest BCUT2D eigenvalue weighted by Crippen LogP contribution is -2.28. The van der Waals surface area contributed by atoms with Gasteiger partial charge in [0.1, 0.15) is 0 Å². The van der Waals surface area contributed by atoms with Crippen molar-refractivity contribution in [2.24, 2.45) is 0 Å². The van der Waals surface area contributed by atoms with Crippen molar-refractivity contribution in [2.45, 2.75) is 0 Å².